The topological polar surface area (TPSA) is 89.1 Å². The number of hydrogen-bond acceptors (Lipinski definition) is 4. The van der Waals surface area contributed by atoms with Gasteiger partial charge >= 0.3 is 5.69 Å². The highest BCUT2D eigenvalue weighted by Crippen LogP contribution is 2.16. The van der Waals surface area contributed by atoms with Crippen LogP contribution in [0.1, 0.15) is 31.3 Å². The van der Waals surface area contributed by atoms with E-state index >= 15 is 0 Å². The van der Waals surface area contributed by atoms with Crippen molar-refractivity contribution in [3.8, 4) is 0 Å². The lowest BCUT2D eigenvalue weighted by molar-refractivity contribution is 0.594. The molecular formula is C10H15N5O. The van der Waals surface area contributed by atoms with Gasteiger partial charge in [-0.25, -0.2) is 19.3 Å². The minimum atomic E-state index is -0.264. The fraction of sp³-hybridized carbons (Fsp3) is 0.500. The third kappa shape index (κ3) is 1.61. The SMILES string of the molecule is Cc1nc(C(C)C(C)N)cc2n[nH]c(=O)n12. The fourth-order valence-electron chi connectivity index (χ4n) is 1.62. The van der Waals surface area contributed by atoms with Gasteiger partial charge in [-0.2, -0.15) is 5.10 Å². The van der Waals surface area contributed by atoms with Crippen LogP contribution in [0.3, 0.4) is 0 Å². The smallest absolute Gasteiger partial charge is 0.327 e. The molecule has 0 fully saturated rings. The van der Waals surface area contributed by atoms with Crippen LogP contribution in [0.5, 0.6) is 0 Å². The average molecular weight is 221 g/mol. The quantitative estimate of drug-likeness (QED) is 0.756. The molecule has 2 atom stereocenters. The first-order valence-corrected chi connectivity index (χ1v) is 5.21. The minimum Gasteiger partial charge on any atom is -0.327 e. The normalized spacial score (nSPS) is 15.2. The summed E-state index contributed by atoms with van der Waals surface area (Å²) in [6, 6.07) is 1.80. The molecule has 2 rings (SSSR count). The first kappa shape index (κ1) is 10.8. The zero-order valence-electron chi connectivity index (χ0n) is 9.56. The molecule has 2 aromatic rings. The van der Waals surface area contributed by atoms with E-state index in [1.54, 1.807) is 13.0 Å². The van der Waals surface area contributed by atoms with Gasteiger partial charge in [0.25, 0.3) is 0 Å². The average Bonchev–Trinajstić information content (AvgIpc) is 2.59. The number of rotatable bonds is 2. The summed E-state index contributed by atoms with van der Waals surface area (Å²) >= 11 is 0. The van der Waals surface area contributed by atoms with E-state index in [1.807, 2.05) is 13.8 Å². The highest BCUT2D eigenvalue weighted by Gasteiger charge is 2.15. The molecule has 0 aromatic carbocycles. The minimum absolute atomic E-state index is 0.0139. The molecule has 6 heteroatoms. The van der Waals surface area contributed by atoms with Crippen LogP contribution in [0.4, 0.5) is 0 Å². The molecule has 2 heterocycles. The molecule has 0 spiro atoms. The van der Waals surface area contributed by atoms with E-state index in [9.17, 15) is 4.79 Å². The molecule has 3 N–H and O–H groups in total. The Morgan fingerprint density at radius 3 is 2.81 bits per heavy atom. The number of nitrogens with one attached hydrogen (secondary N) is 1. The number of aryl methyl sites for hydroxylation is 1. The summed E-state index contributed by atoms with van der Waals surface area (Å²) in [4.78, 5) is 15.8. The van der Waals surface area contributed by atoms with E-state index in [2.05, 4.69) is 15.2 Å². The molecule has 0 saturated carbocycles. The van der Waals surface area contributed by atoms with E-state index < -0.39 is 0 Å². The van der Waals surface area contributed by atoms with Gasteiger partial charge in [0.15, 0.2) is 5.65 Å². The van der Waals surface area contributed by atoms with Gasteiger partial charge in [-0.05, 0) is 13.8 Å². The summed E-state index contributed by atoms with van der Waals surface area (Å²) in [6.45, 7) is 5.72. The molecule has 0 aliphatic carbocycles. The van der Waals surface area contributed by atoms with Crippen molar-refractivity contribution in [2.75, 3.05) is 0 Å². The van der Waals surface area contributed by atoms with Gasteiger partial charge in [0.1, 0.15) is 5.82 Å². The molecule has 86 valence electrons. The number of nitrogens with two attached hydrogens (primary N) is 1. The number of fused-ring (bicyclic) bond motifs is 1. The summed E-state index contributed by atoms with van der Waals surface area (Å²) in [5.74, 6) is 0.759. The number of aromatic nitrogens is 4. The largest absolute Gasteiger partial charge is 0.349 e. The molecule has 0 radical (unpaired) electrons. The molecule has 0 aliphatic heterocycles. The Hall–Kier alpha value is -1.69. The highest BCUT2D eigenvalue weighted by molar-refractivity contribution is 5.39. The maximum atomic E-state index is 11.4. The van der Waals surface area contributed by atoms with Crippen molar-refractivity contribution in [3.05, 3.63) is 28.1 Å². The van der Waals surface area contributed by atoms with Gasteiger partial charge in [0.05, 0.1) is 5.69 Å². The summed E-state index contributed by atoms with van der Waals surface area (Å²) in [6.07, 6.45) is 0. The molecule has 0 saturated heterocycles. The molecule has 6 nitrogen and oxygen atoms in total. The standard InChI is InChI=1S/C10H15N5O/c1-5(6(2)11)8-4-9-13-14-10(16)15(9)7(3)12-8/h4-6H,11H2,1-3H3,(H,14,16). The van der Waals surface area contributed by atoms with Gasteiger partial charge in [0, 0.05) is 18.0 Å². The lowest BCUT2D eigenvalue weighted by Gasteiger charge is -2.15. The van der Waals surface area contributed by atoms with Crippen molar-refractivity contribution in [1.82, 2.24) is 19.6 Å². The first-order valence-electron chi connectivity index (χ1n) is 5.21. The van der Waals surface area contributed by atoms with Crippen LogP contribution in [0.25, 0.3) is 5.65 Å². The fourth-order valence-corrected chi connectivity index (χ4v) is 1.62. The number of hydrogen-bond donors (Lipinski definition) is 2. The van der Waals surface area contributed by atoms with E-state index in [1.165, 1.54) is 4.40 Å². The number of H-pyrrole nitrogens is 1. The lowest BCUT2D eigenvalue weighted by atomic mass is 10.0. The van der Waals surface area contributed by atoms with E-state index in [4.69, 9.17) is 5.73 Å². The summed E-state index contributed by atoms with van der Waals surface area (Å²) in [5.41, 5.74) is 7.01. The Morgan fingerprint density at radius 1 is 1.50 bits per heavy atom. The Bertz CT molecular complexity index is 568. The third-order valence-electron chi connectivity index (χ3n) is 2.84. The highest BCUT2D eigenvalue weighted by atomic mass is 16.1. The maximum absolute atomic E-state index is 11.4. The van der Waals surface area contributed by atoms with E-state index in [0.717, 1.165) is 5.69 Å². The van der Waals surface area contributed by atoms with E-state index in [-0.39, 0.29) is 17.6 Å². The van der Waals surface area contributed by atoms with E-state index in [0.29, 0.717) is 11.5 Å². The molecule has 2 unspecified atom stereocenters. The molecule has 2 aromatic heterocycles. The van der Waals surface area contributed by atoms with Crippen LogP contribution in [0, 0.1) is 6.92 Å². The predicted molar refractivity (Wildman–Crippen MR) is 60.4 cm³/mol. The van der Waals surface area contributed by atoms with Crippen molar-refractivity contribution < 1.29 is 0 Å². The Morgan fingerprint density at radius 2 is 2.19 bits per heavy atom. The third-order valence-corrected chi connectivity index (χ3v) is 2.84. The van der Waals surface area contributed by atoms with Crippen LogP contribution < -0.4 is 11.4 Å². The van der Waals surface area contributed by atoms with Crippen LogP contribution in [-0.4, -0.2) is 25.6 Å². The van der Waals surface area contributed by atoms with Crippen molar-refractivity contribution >= 4 is 5.65 Å². The maximum Gasteiger partial charge on any atom is 0.349 e. The molecule has 16 heavy (non-hydrogen) atoms. The van der Waals surface area contributed by atoms with Crippen LogP contribution in [0.2, 0.25) is 0 Å². The van der Waals surface area contributed by atoms with Gasteiger partial charge in [-0.3, -0.25) is 0 Å². The van der Waals surface area contributed by atoms with Crippen molar-refractivity contribution in [2.45, 2.75) is 32.7 Å². The number of nitrogens with zero attached hydrogens (tertiary/aromatic N) is 3. The first-order chi connectivity index (χ1) is 7.50. The lowest BCUT2D eigenvalue weighted by Crippen LogP contribution is -2.24. The Balaban J connectivity index is 2.63. The summed E-state index contributed by atoms with van der Waals surface area (Å²) < 4.78 is 1.44. The second kappa shape index (κ2) is 3.71. The Labute approximate surface area is 92.5 Å². The monoisotopic (exact) mass is 221 g/mol. The molecule has 0 bridgehead atoms. The Kier molecular flexibility index (Phi) is 2.51. The van der Waals surface area contributed by atoms with Gasteiger partial charge in [0.2, 0.25) is 0 Å². The van der Waals surface area contributed by atoms with Crippen molar-refractivity contribution in [3.63, 3.8) is 0 Å². The van der Waals surface area contributed by atoms with Crippen molar-refractivity contribution in [1.29, 1.82) is 0 Å². The van der Waals surface area contributed by atoms with Gasteiger partial charge in [-0.1, -0.05) is 6.92 Å². The van der Waals surface area contributed by atoms with Gasteiger partial charge in [-0.15, -0.1) is 0 Å². The van der Waals surface area contributed by atoms with Crippen molar-refractivity contribution in [2.24, 2.45) is 5.73 Å². The second-order valence-electron chi connectivity index (χ2n) is 4.10. The second-order valence-corrected chi connectivity index (χ2v) is 4.10. The van der Waals surface area contributed by atoms with Crippen LogP contribution in [-0.2, 0) is 0 Å². The zero-order valence-corrected chi connectivity index (χ0v) is 9.56. The molecule has 0 amide bonds. The van der Waals surface area contributed by atoms with Gasteiger partial charge < -0.3 is 5.73 Å². The zero-order chi connectivity index (χ0) is 11.9. The van der Waals surface area contributed by atoms with Crippen LogP contribution in [0.15, 0.2) is 10.9 Å². The summed E-state index contributed by atoms with van der Waals surface area (Å²) in [5, 5.41) is 6.33. The van der Waals surface area contributed by atoms with Crippen LogP contribution >= 0.6 is 0 Å². The summed E-state index contributed by atoms with van der Waals surface area (Å²) in [7, 11) is 0. The molecule has 0 aliphatic rings. The predicted octanol–water partition coefficient (Wildman–Crippen LogP) is 0.177. The molecular weight excluding hydrogens is 206 g/mol. The number of aromatic amines is 1.